The van der Waals surface area contributed by atoms with Crippen molar-refractivity contribution in [3.63, 3.8) is 0 Å². The highest BCUT2D eigenvalue weighted by molar-refractivity contribution is 5.65. The van der Waals surface area contributed by atoms with E-state index < -0.39 is 5.67 Å². The van der Waals surface area contributed by atoms with Gasteiger partial charge in [-0.1, -0.05) is 18.2 Å². The molecule has 1 aliphatic heterocycles. The second kappa shape index (κ2) is 9.01. The van der Waals surface area contributed by atoms with Gasteiger partial charge in [-0.05, 0) is 81.1 Å². The summed E-state index contributed by atoms with van der Waals surface area (Å²) in [6, 6.07) is 12.0. The van der Waals surface area contributed by atoms with Gasteiger partial charge >= 0.3 is 0 Å². The van der Waals surface area contributed by atoms with Gasteiger partial charge in [-0.15, -0.1) is 0 Å². The maximum atomic E-state index is 13.8. The predicted octanol–water partition coefficient (Wildman–Crippen LogP) is 4.82. The standard InChI is InChI=1S/C23H29F2NO2/c1-23(2,25)16-26-10-8-17(9-11-26)15-28-22-7-6-19(12-20(22)14-27)18-4-3-5-21(24)13-18/h3-7,12-13,17,27H,8-11,14-16H2,1-2H3. The highest BCUT2D eigenvalue weighted by Gasteiger charge is 2.25. The van der Waals surface area contributed by atoms with E-state index in [0.717, 1.165) is 37.1 Å². The molecule has 0 aromatic heterocycles. The van der Waals surface area contributed by atoms with Gasteiger partial charge in [0.1, 0.15) is 17.2 Å². The van der Waals surface area contributed by atoms with Gasteiger partial charge < -0.3 is 14.7 Å². The molecular weight excluding hydrogens is 360 g/mol. The van der Waals surface area contributed by atoms with Crippen LogP contribution in [0.25, 0.3) is 11.1 Å². The summed E-state index contributed by atoms with van der Waals surface area (Å²) in [4.78, 5) is 2.17. The van der Waals surface area contributed by atoms with Crippen molar-refractivity contribution in [1.82, 2.24) is 4.90 Å². The molecule has 0 bridgehead atoms. The van der Waals surface area contributed by atoms with E-state index in [0.29, 0.717) is 30.4 Å². The fraction of sp³-hybridized carbons (Fsp3) is 0.478. The minimum absolute atomic E-state index is 0.136. The zero-order valence-electron chi connectivity index (χ0n) is 16.6. The third kappa shape index (κ3) is 5.76. The fourth-order valence-electron chi connectivity index (χ4n) is 3.74. The van der Waals surface area contributed by atoms with Crippen molar-refractivity contribution in [2.45, 2.75) is 39.0 Å². The summed E-state index contributed by atoms with van der Waals surface area (Å²) in [5.41, 5.74) is 1.14. The van der Waals surface area contributed by atoms with Gasteiger partial charge in [0.2, 0.25) is 0 Å². The molecule has 28 heavy (non-hydrogen) atoms. The lowest BCUT2D eigenvalue weighted by Gasteiger charge is -2.34. The van der Waals surface area contributed by atoms with E-state index in [1.807, 2.05) is 24.3 Å². The smallest absolute Gasteiger partial charge is 0.124 e. The van der Waals surface area contributed by atoms with Crippen LogP contribution in [-0.2, 0) is 6.61 Å². The third-order valence-corrected chi connectivity index (χ3v) is 5.17. The van der Waals surface area contributed by atoms with Crippen molar-refractivity contribution < 1.29 is 18.6 Å². The zero-order valence-corrected chi connectivity index (χ0v) is 16.6. The van der Waals surface area contributed by atoms with Gasteiger partial charge in [0.05, 0.1) is 13.2 Å². The summed E-state index contributed by atoms with van der Waals surface area (Å²) < 4.78 is 33.2. The van der Waals surface area contributed by atoms with Crippen molar-refractivity contribution in [3.05, 3.63) is 53.8 Å². The molecule has 1 saturated heterocycles. The van der Waals surface area contributed by atoms with E-state index in [9.17, 15) is 13.9 Å². The van der Waals surface area contributed by atoms with Gasteiger partial charge in [0.15, 0.2) is 0 Å². The number of alkyl halides is 1. The maximum Gasteiger partial charge on any atom is 0.124 e. The van der Waals surface area contributed by atoms with E-state index in [2.05, 4.69) is 4.90 Å². The van der Waals surface area contributed by atoms with Crippen molar-refractivity contribution in [2.24, 2.45) is 5.92 Å². The van der Waals surface area contributed by atoms with Gasteiger partial charge in [0.25, 0.3) is 0 Å². The van der Waals surface area contributed by atoms with E-state index in [4.69, 9.17) is 4.74 Å². The lowest BCUT2D eigenvalue weighted by Crippen LogP contribution is -2.41. The molecule has 0 amide bonds. The molecule has 2 aromatic rings. The molecule has 0 saturated carbocycles. The molecule has 1 aliphatic rings. The van der Waals surface area contributed by atoms with Crippen LogP contribution in [0.15, 0.2) is 42.5 Å². The number of nitrogens with zero attached hydrogens (tertiary/aromatic N) is 1. The third-order valence-electron chi connectivity index (χ3n) is 5.17. The molecular formula is C23H29F2NO2. The first-order valence-corrected chi connectivity index (χ1v) is 9.88. The molecule has 5 heteroatoms. The predicted molar refractivity (Wildman–Crippen MR) is 108 cm³/mol. The molecule has 1 heterocycles. The first-order chi connectivity index (χ1) is 13.3. The monoisotopic (exact) mass is 389 g/mol. The number of aliphatic hydroxyl groups excluding tert-OH is 1. The molecule has 0 aliphatic carbocycles. The number of hydrogen-bond donors (Lipinski definition) is 1. The van der Waals surface area contributed by atoms with Crippen molar-refractivity contribution >= 4 is 0 Å². The number of aliphatic hydroxyl groups is 1. The minimum Gasteiger partial charge on any atom is -0.493 e. The number of likely N-dealkylation sites (tertiary alicyclic amines) is 1. The lowest BCUT2D eigenvalue weighted by atomic mass is 9.96. The Morgan fingerprint density at radius 3 is 2.46 bits per heavy atom. The number of hydrogen-bond acceptors (Lipinski definition) is 3. The first-order valence-electron chi connectivity index (χ1n) is 9.88. The average molecular weight is 389 g/mol. The topological polar surface area (TPSA) is 32.7 Å². The second-order valence-corrected chi connectivity index (χ2v) is 8.24. The Balaban J connectivity index is 1.58. The van der Waals surface area contributed by atoms with Crippen LogP contribution in [0.3, 0.4) is 0 Å². The summed E-state index contributed by atoms with van der Waals surface area (Å²) in [5.74, 6) is 0.800. The Hall–Kier alpha value is -1.98. The number of ether oxygens (including phenoxy) is 1. The minimum atomic E-state index is -1.16. The van der Waals surface area contributed by atoms with E-state index in [1.54, 1.807) is 19.9 Å². The summed E-state index contributed by atoms with van der Waals surface area (Å²) >= 11 is 0. The molecule has 152 valence electrons. The molecule has 1 fully saturated rings. The lowest BCUT2D eigenvalue weighted by molar-refractivity contribution is 0.0833. The van der Waals surface area contributed by atoms with E-state index >= 15 is 0 Å². The van der Waals surface area contributed by atoms with Crippen LogP contribution in [0, 0.1) is 11.7 Å². The van der Waals surface area contributed by atoms with Crippen molar-refractivity contribution in [3.8, 4) is 16.9 Å². The van der Waals surface area contributed by atoms with Crippen LogP contribution in [0.2, 0.25) is 0 Å². The van der Waals surface area contributed by atoms with Gasteiger partial charge in [-0.3, -0.25) is 0 Å². The maximum absolute atomic E-state index is 13.8. The first kappa shape index (κ1) is 20.7. The number of benzene rings is 2. The van der Waals surface area contributed by atoms with Crippen LogP contribution >= 0.6 is 0 Å². The molecule has 3 rings (SSSR count). The SMILES string of the molecule is CC(C)(F)CN1CCC(COc2ccc(-c3cccc(F)c3)cc2CO)CC1. The highest BCUT2D eigenvalue weighted by atomic mass is 19.1. The van der Waals surface area contributed by atoms with Crippen LogP contribution < -0.4 is 4.74 Å². The van der Waals surface area contributed by atoms with E-state index in [-0.39, 0.29) is 12.4 Å². The van der Waals surface area contributed by atoms with Gasteiger partial charge in [-0.25, -0.2) is 8.78 Å². The van der Waals surface area contributed by atoms with Gasteiger partial charge in [-0.2, -0.15) is 0 Å². The summed E-state index contributed by atoms with van der Waals surface area (Å²) in [5, 5.41) is 9.73. The van der Waals surface area contributed by atoms with Crippen LogP contribution in [0.5, 0.6) is 5.75 Å². The van der Waals surface area contributed by atoms with E-state index in [1.165, 1.54) is 12.1 Å². The molecule has 1 N–H and O–H groups in total. The Kier molecular flexibility index (Phi) is 6.68. The zero-order chi connectivity index (χ0) is 20.1. The summed E-state index contributed by atoms with van der Waals surface area (Å²) in [6.07, 6.45) is 1.96. The normalized spacial score (nSPS) is 16.3. The molecule has 0 radical (unpaired) electrons. The fourth-order valence-corrected chi connectivity index (χ4v) is 3.74. The molecule has 0 atom stereocenters. The Morgan fingerprint density at radius 2 is 1.82 bits per heavy atom. The highest BCUT2D eigenvalue weighted by Crippen LogP contribution is 2.29. The largest absolute Gasteiger partial charge is 0.493 e. The van der Waals surface area contributed by atoms with Crippen LogP contribution in [-0.4, -0.2) is 41.9 Å². The van der Waals surface area contributed by atoms with Crippen molar-refractivity contribution in [2.75, 3.05) is 26.2 Å². The molecule has 3 nitrogen and oxygen atoms in total. The second-order valence-electron chi connectivity index (χ2n) is 8.24. The van der Waals surface area contributed by atoms with Crippen LogP contribution in [0.4, 0.5) is 8.78 Å². The number of halogens is 2. The number of rotatable bonds is 7. The quantitative estimate of drug-likeness (QED) is 0.737. The number of piperidine rings is 1. The molecule has 2 aromatic carbocycles. The Bertz CT molecular complexity index is 780. The Labute approximate surface area is 165 Å². The summed E-state index contributed by atoms with van der Waals surface area (Å²) in [7, 11) is 0. The summed E-state index contributed by atoms with van der Waals surface area (Å²) in [6.45, 7) is 5.91. The Morgan fingerprint density at radius 1 is 1.11 bits per heavy atom. The molecule has 0 spiro atoms. The van der Waals surface area contributed by atoms with Crippen molar-refractivity contribution in [1.29, 1.82) is 0 Å². The van der Waals surface area contributed by atoms with Gasteiger partial charge in [0, 0.05) is 12.1 Å². The van der Waals surface area contributed by atoms with Crippen LogP contribution in [0.1, 0.15) is 32.3 Å². The molecule has 0 unspecified atom stereocenters. The average Bonchev–Trinajstić information content (AvgIpc) is 2.66.